The monoisotopic (exact) mass is 605 g/mol. The Hall–Kier alpha value is -4.66. The van der Waals surface area contributed by atoms with Crippen molar-refractivity contribution in [3.8, 4) is 28.4 Å². The lowest BCUT2D eigenvalue weighted by Gasteiger charge is -2.27. The van der Waals surface area contributed by atoms with Crippen LogP contribution in [0.3, 0.4) is 0 Å². The number of likely N-dealkylation sites (tertiary alicyclic amines) is 1. The number of nitrogens with zero attached hydrogens (tertiary/aromatic N) is 4. The number of aryl methyl sites for hydroxylation is 1. The molecule has 2 aromatic heterocycles. The summed E-state index contributed by atoms with van der Waals surface area (Å²) in [6.07, 6.45) is 4.61. The van der Waals surface area contributed by atoms with E-state index in [1.54, 1.807) is 13.2 Å². The van der Waals surface area contributed by atoms with E-state index in [0.717, 1.165) is 53.0 Å². The van der Waals surface area contributed by atoms with E-state index in [-0.39, 0.29) is 11.5 Å². The van der Waals surface area contributed by atoms with Gasteiger partial charge in [-0.15, -0.1) is 0 Å². The number of fused-ring (bicyclic) bond motifs is 4. The van der Waals surface area contributed by atoms with E-state index in [1.165, 1.54) is 31.4 Å². The number of rotatable bonds is 7. The summed E-state index contributed by atoms with van der Waals surface area (Å²) in [6, 6.07) is 16.4. The standard InChI is InChI=1S/C36H36FN5O3/c1-19-23-8-11-29(19)42(18-23)36(44)24-12-28-33(32(15-24)45-3)40(2)35(39-28)31-14-22-7-6-21(13-30(22)41(31)17-20-4-5-20)26-10-9-25(37)16-27(26)34(38)43/h6-7,9-10,12-16,19-20,23,29H,4-5,8,11,17-18H2,1-3H3,(H2,38,43)/t19-,23?,29?/m1/s1. The first kappa shape index (κ1) is 27.9. The van der Waals surface area contributed by atoms with Crippen molar-refractivity contribution < 1.29 is 18.7 Å². The van der Waals surface area contributed by atoms with Gasteiger partial charge in [0.25, 0.3) is 5.91 Å². The SMILES string of the molecule is COc1cc(C(=O)N2CC3CCC2[C@@H]3C)cc2nc(-c3cc4ccc(-c5ccc(F)cc5C(N)=O)cc4n3CC3CC3)n(C)c12. The molecule has 3 aliphatic rings. The molecule has 5 aromatic rings. The number of halogens is 1. The van der Waals surface area contributed by atoms with Gasteiger partial charge in [0.15, 0.2) is 5.82 Å². The van der Waals surface area contributed by atoms with Gasteiger partial charge in [-0.2, -0.15) is 0 Å². The molecule has 2 N–H and O–H groups in total. The van der Waals surface area contributed by atoms with Crippen LogP contribution in [0.2, 0.25) is 0 Å². The van der Waals surface area contributed by atoms with Crippen LogP contribution in [0, 0.1) is 23.6 Å². The van der Waals surface area contributed by atoms with E-state index >= 15 is 0 Å². The Morgan fingerprint density at radius 2 is 1.87 bits per heavy atom. The van der Waals surface area contributed by atoms with Crippen molar-refractivity contribution in [3.63, 3.8) is 0 Å². The number of carbonyl (C=O) groups is 2. The molecule has 0 spiro atoms. The minimum atomic E-state index is -0.670. The van der Waals surface area contributed by atoms with Crippen molar-refractivity contribution in [3.05, 3.63) is 71.5 Å². The number of carbonyl (C=O) groups excluding carboxylic acids is 2. The van der Waals surface area contributed by atoms with Crippen molar-refractivity contribution in [1.82, 2.24) is 19.0 Å². The van der Waals surface area contributed by atoms with Crippen molar-refractivity contribution in [2.24, 2.45) is 30.5 Å². The lowest BCUT2D eigenvalue weighted by molar-refractivity contribution is 0.0695. The third-order valence-electron chi connectivity index (χ3n) is 10.5. The number of imidazole rings is 1. The molecule has 0 radical (unpaired) electrons. The van der Waals surface area contributed by atoms with Crippen LogP contribution >= 0.6 is 0 Å². The van der Waals surface area contributed by atoms with Crippen LogP contribution < -0.4 is 10.5 Å². The Bertz CT molecular complexity index is 2040. The summed E-state index contributed by atoms with van der Waals surface area (Å²) in [5.74, 6) is 1.98. The number of nitrogens with two attached hydrogens (primary N) is 1. The van der Waals surface area contributed by atoms with Crippen LogP contribution in [0.4, 0.5) is 4.39 Å². The number of hydrogen-bond acceptors (Lipinski definition) is 4. The van der Waals surface area contributed by atoms with E-state index in [1.807, 2.05) is 41.9 Å². The van der Waals surface area contributed by atoms with Gasteiger partial charge in [0, 0.05) is 48.2 Å². The molecular weight excluding hydrogens is 569 g/mol. The van der Waals surface area contributed by atoms with Crippen molar-refractivity contribution in [1.29, 1.82) is 0 Å². The Morgan fingerprint density at radius 1 is 1.04 bits per heavy atom. The molecule has 230 valence electrons. The summed E-state index contributed by atoms with van der Waals surface area (Å²) in [6.45, 7) is 3.92. The summed E-state index contributed by atoms with van der Waals surface area (Å²) >= 11 is 0. The molecule has 45 heavy (non-hydrogen) atoms. The highest BCUT2D eigenvalue weighted by Gasteiger charge is 2.46. The fourth-order valence-electron chi connectivity index (χ4n) is 7.86. The van der Waals surface area contributed by atoms with Gasteiger partial charge in [-0.05, 0) is 91.0 Å². The van der Waals surface area contributed by atoms with Crippen LogP contribution in [0.1, 0.15) is 53.3 Å². The Labute approximate surface area is 260 Å². The number of aromatic nitrogens is 3. The summed E-state index contributed by atoms with van der Waals surface area (Å²) in [5.41, 5.74) is 11.3. The number of benzene rings is 3. The number of primary amides is 1. The van der Waals surface area contributed by atoms with E-state index in [4.69, 9.17) is 15.5 Å². The van der Waals surface area contributed by atoms with Crippen molar-refractivity contribution in [2.75, 3.05) is 13.7 Å². The normalized spacial score (nSPS) is 20.9. The first-order valence-electron chi connectivity index (χ1n) is 15.8. The molecular formula is C36H36FN5O3. The van der Waals surface area contributed by atoms with Gasteiger partial charge in [0.2, 0.25) is 5.91 Å². The summed E-state index contributed by atoms with van der Waals surface area (Å²) in [4.78, 5) is 33.1. The van der Waals surface area contributed by atoms with Crippen LogP contribution in [-0.4, -0.2) is 50.5 Å². The molecule has 3 heterocycles. The lowest BCUT2D eigenvalue weighted by atomic mass is 9.98. The second-order valence-electron chi connectivity index (χ2n) is 13.2. The quantitative estimate of drug-likeness (QED) is 0.233. The number of piperidine rings is 1. The van der Waals surface area contributed by atoms with E-state index in [9.17, 15) is 14.0 Å². The van der Waals surface area contributed by atoms with Gasteiger partial charge in [-0.3, -0.25) is 9.59 Å². The topological polar surface area (TPSA) is 95.4 Å². The average Bonchev–Trinajstić information content (AvgIpc) is 3.44. The maximum atomic E-state index is 14.0. The molecule has 2 amide bonds. The Balaban J connectivity index is 1.25. The summed E-state index contributed by atoms with van der Waals surface area (Å²) < 4.78 is 24.2. The molecule has 8 nitrogen and oxygen atoms in total. The lowest BCUT2D eigenvalue weighted by Crippen LogP contribution is -2.38. The zero-order valence-corrected chi connectivity index (χ0v) is 25.7. The van der Waals surface area contributed by atoms with Crippen LogP contribution in [0.5, 0.6) is 5.75 Å². The van der Waals surface area contributed by atoms with Crippen molar-refractivity contribution >= 4 is 33.8 Å². The predicted octanol–water partition coefficient (Wildman–Crippen LogP) is 6.39. The van der Waals surface area contributed by atoms with Gasteiger partial charge in [0.1, 0.15) is 17.1 Å². The number of amides is 2. The molecule has 2 unspecified atom stereocenters. The van der Waals surface area contributed by atoms with Gasteiger partial charge in [-0.1, -0.05) is 25.1 Å². The second kappa shape index (κ2) is 10.2. The van der Waals surface area contributed by atoms with E-state index in [2.05, 4.69) is 22.5 Å². The molecule has 1 aliphatic heterocycles. The smallest absolute Gasteiger partial charge is 0.254 e. The fraction of sp³-hybridized carbons (Fsp3) is 0.361. The molecule has 3 atom stereocenters. The fourth-order valence-corrected chi connectivity index (χ4v) is 7.86. The predicted molar refractivity (Wildman–Crippen MR) is 172 cm³/mol. The number of ether oxygens (including phenoxy) is 1. The highest BCUT2D eigenvalue weighted by Crippen LogP contribution is 2.44. The highest BCUT2D eigenvalue weighted by molar-refractivity contribution is 6.02. The largest absolute Gasteiger partial charge is 0.494 e. The van der Waals surface area contributed by atoms with Crippen LogP contribution in [0.25, 0.3) is 44.6 Å². The van der Waals surface area contributed by atoms with Gasteiger partial charge in [0.05, 0.1) is 18.3 Å². The van der Waals surface area contributed by atoms with Crippen LogP contribution in [0.15, 0.2) is 54.6 Å². The van der Waals surface area contributed by atoms with Gasteiger partial charge < -0.3 is 24.5 Å². The summed E-state index contributed by atoms with van der Waals surface area (Å²) in [5, 5.41) is 1.03. The third-order valence-corrected chi connectivity index (χ3v) is 10.5. The second-order valence-corrected chi connectivity index (χ2v) is 13.2. The number of hydrogen-bond donors (Lipinski definition) is 1. The molecule has 1 saturated heterocycles. The van der Waals surface area contributed by atoms with E-state index in [0.29, 0.717) is 46.2 Å². The highest BCUT2D eigenvalue weighted by atomic mass is 19.1. The molecule has 2 aliphatic carbocycles. The van der Waals surface area contributed by atoms with Gasteiger partial charge >= 0.3 is 0 Å². The zero-order chi connectivity index (χ0) is 31.1. The first-order valence-corrected chi connectivity index (χ1v) is 15.8. The van der Waals surface area contributed by atoms with E-state index < -0.39 is 11.7 Å². The Morgan fingerprint density at radius 3 is 2.56 bits per heavy atom. The zero-order valence-electron chi connectivity index (χ0n) is 25.7. The molecule has 3 aromatic carbocycles. The summed E-state index contributed by atoms with van der Waals surface area (Å²) in [7, 11) is 3.62. The molecule has 2 saturated carbocycles. The Kier molecular flexibility index (Phi) is 6.31. The molecule has 3 fully saturated rings. The number of methoxy groups -OCH3 is 1. The molecule has 8 rings (SSSR count). The maximum Gasteiger partial charge on any atom is 0.254 e. The van der Waals surface area contributed by atoms with Crippen molar-refractivity contribution in [2.45, 2.75) is 45.2 Å². The molecule has 9 heteroatoms. The minimum absolute atomic E-state index is 0.0490. The first-order chi connectivity index (χ1) is 21.7. The molecule has 2 bridgehead atoms. The van der Waals surface area contributed by atoms with Gasteiger partial charge in [-0.25, -0.2) is 9.37 Å². The average molecular weight is 606 g/mol. The van der Waals surface area contributed by atoms with Crippen LogP contribution in [-0.2, 0) is 13.6 Å². The minimum Gasteiger partial charge on any atom is -0.494 e. The maximum absolute atomic E-state index is 14.0. The third kappa shape index (κ3) is 4.42.